The number of nitrogens with two attached hydrogens (primary N) is 1. The molecule has 2 N–H and O–H groups in total. The molecule has 0 aliphatic carbocycles. The predicted octanol–water partition coefficient (Wildman–Crippen LogP) is 2.26. The van der Waals surface area contributed by atoms with Gasteiger partial charge in [0.05, 0.1) is 5.84 Å². The van der Waals surface area contributed by atoms with E-state index in [4.69, 9.17) is 5.73 Å². The summed E-state index contributed by atoms with van der Waals surface area (Å²) >= 11 is 0. The molecule has 90 valence electrons. The minimum absolute atomic E-state index is 0.375. The molecule has 3 heteroatoms. The maximum absolute atomic E-state index is 5.70. The van der Waals surface area contributed by atoms with E-state index in [1.54, 1.807) is 0 Å². The van der Waals surface area contributed by atoms with E-state index < -0.39 is 0 Å². The molecule has 0 saturated heterocycles. The van der Waals surface area contributed by atoms with Gasteiger partial charge < -0.3 is 10.6 Å². The Morgan fingerprint density at radius 3 is 2.33 bits per heavy atom. The molecule has 0 aromatic carbocycles. The van der Waals surface area contributed by atoms with Crippen LogP contribution in [0.3, 0.4) is 0 Å². The normalized spacial score (nSPS) is 14.6. The third-order valence-electron chi connectivity index (χ3n) is 2.74. The summed E-state index contributed by atoms with van der Waals surface area (Å²) < 4.78 is 0. The van der Waals surface area contributed by atoms with Crippen molar-refractivity contribution in [3.63, 3.8) is 0 Å². The molecule has 0 spiro atoms. The first kappa shape index (κ1) is 14.4. The molecule has 3 nitrogen and oxygen atoms in total. The maximum atomic E-state index is 5.70. The molecule has 1 unspecified atom stereocenters. The van der Waals surface area contributed by atoms with Crippen LogP contribution in [0.4, 0.5) is 0 Å². The van der Waals surface area contributed by atoms with Gasteiger partial charge in [0.15, 0.2) is 0 Å². The molecule has 0 bridgehead atoms. The summed E-state index contributed by atoms with van der Waals surface area (Å²) in [5.74, 6) is 0.783. The van der Waals surface area contributed by atoms with Gasteiger partial charge in [0, 0.05) is 12.5 Å². The molecule has 0 aromatic rings. The van der Waals surface area contributed by atoms with Crippen molar-refractivity contribution >= 4 is 5.84 Å². The van der Waals surface area contributed by atoms with Gasteiger partial charge in [0.1, 0.15) is 0 Å². The van der Waals surface area contributed by atoms with Crippen molar-refractivity contribution in [3.8, 4) is 0 Å². The lowest BCUT2D eigenvalue weighted by Crippen LogP contribution is -2.24. The summed E-state index contributed by atoms with van der Waals surface area (Å²) in [7, 11) is 0. The largest absolute Gasteiger partial charge is 0.387 e. The fraction of sp³-hybridized carbons (Fsp3) is 0.917. The van der Waals surface area contributed by atoms with Crippen LogP contribution in [-0.2, 0) is 0 Å². The van der Waals surface area contributed by atoms with E-state index in [2.05, 4.69) is 30.7 Å². The summed E-state index contributed by atoms with van der Waals surface area (Å²) in [4.78, 5) is 6.86. The number of aliphatic imine (C=N–C) groups is 1. The third kappa shape index (κ3) is 7.37. The fourth-order valence-electron chi connectivity index (χ4n) is 1.59. The highest BCUT2D eigenvalue weighted by molar-refractivity contribution is 5.80. The fourth-order valence-corrected chi connectivity index (χ4v) is 1.59. The number of nitrogens with zero attached hydrogens (tertiary/aromatic N) is 2. The molecule has 15 heavy (non-hydrogen) atoms. The first-order chi connectivity index (χ1) is 7.13. The van der Waals surface area contributed by atoms with Crippen molar-refractivity contribution < 1.29 is 0 Å². The number of hydrogen-bond acceptors (Lipinski definition) is 2. The van der Waals surface area contributed by atoms with E-state index >= 15 is 0 Å². The van der Waals surface area contributed by atoms with Gasteiger partial charge in [-0.15, -0.1) is 0 Å². The van der Waals surface area contributed by atoms with Gasteiger partial charge in [-0.05, 0) is 39.4 Å². The molecule has 0 heterocycles. The molecule has 0 saturated carbocycles. The Kier molecular flexibility index (Phi) is 8.38. The zero-order valence-electron chi connectivity index (χ0n) is 10.8. The van der Waals surface area contributed by atoms with Crippen LogP contribution in [0.15, 0.2) is 4.99 Å². The summed E-state index contributed by atoms with van der Waals surface area (Å²) in [6.45, 7) is 12.1. The standard InChI is InChI=1S/C12H27N3/c1-5-12(13)14-11(4)9-8-10-15(6-2)7-3/h11H,5-10H2,1-4H3,(H2,13,14). The van der Waals surface area contributed by atoms with Gasteiger partial charge in [-0.1, -0.05) is 20.8 Å². The van der Waals surface area contributed by atoms with E-state index in [0.29, 0.717) is 6.04 Å². The Balaban J connectivity index is 3.67. The lowest BCUT2D eigenvalue weighted by Gasteiger charge is -2.18. The highest BCUT2D eigenvalue weighted by Crippen LogP contribution is 2.03. The van der Waals surface area contributed by atoms with Crippen molar-refractivity contribution in [1.29, 1.82) is 0 Å². The Morgan fingerprint density at radius 1 is 1.27 bits per heavy atom. The molecule has 0 aromatic heterocycles. The van der Waals surface area contributed by atoms with Crippen LogP contribution in [0, 0.1) is 0 Å². The van der Waals surface area contributed by atoms with Crippen LogP contribution in [0.25, 0.3) is 0 Å². The van der Waals surface area contributed by atoms with E-state index in [9.17, 15) is 0 Å². The Labute approximate surface area is 94.7 Å². The van der Waals surface area contributed by atoms with E-state index in [-0.39, 0.29) is 0 Å². The second-order valence-corrected chi connectivity index (χ2v) is 3.99. The van der Waals surface area contributed by atoms with E-state index in [0.717, 1.165) is 31.8 Å². The summed E-state index contributed by atoms with van der Waals surface area (Å²) in [5.41, 5.74) is 5.70. The second kappa shape index (κ2) is 8.72. The van der Waals surface area contributed by atoms with Crippen molar-refractivity contribution in [2.45, 2.75) is 53.0 Å². The SMILES string of the molecule is CCC(N)=NC(C)CCCN(CC)CC. The number of hydrogen-bond donors (Lipinski definition) is 1. The Hall–Kier alpha value is -0.570. The highest BCUT2D eigenvalue weighted by atomic mass is 15.1. The van der Waals surface area contributed by atoms with E-state index in [1.165, 1.54) is 13.0 Å². The predicted molar refractivity (Wildman–Crippen MR) is 68.4 cm³/mol. The first-order valence-corrected chi connectivity index (χ1v) is 6.18. The van der Waals surface area contributed by atoms with Crippen molar-refractivity contribution in [3.05, 3.63) is 0 Å². The average Bonchev–Trinajstić information content (AvgIpc) is 2.24. The van der Waals surface area contributed by atoms with Crippen LogP contribution in [0.2, 0.25) is 0 Å². The second-order valence-electron chi connectivity index (χ2n) is 3.99. The highest BCUT2D eigenvalue weighted by Gasteiger charge is 2.02. The summed E-state index contributed by atoms with van der Waals surface area (Å²) in [6, 6.07) is 0.375. The summed E-state index contributed by atoms with van der Waals surface area (Å²) in [6.07, 6.45) is 3.21. The van der Waals surface area contributed by atoms with Crippen molar-refractivity contribution in [2.75, 3.05) is 19.6 Å². The van der Waals surface area contributed by atoms with Gasteiger partial charge >= 0.3 is 0 Å². The van der Waals surface area contributed by atoms with Gasteiger partial charge in [-0.3, -0.25) is 4.99 Å². The van der Waals surface area contributed by atoms with Crippen LogP contribution in [0.1, 0.15) is 47.0 Å². The molecule has 0 aliphatic rings. The first-order valence-electron chi connectivity index (χ1n) is 6.18. The minimum Gasteiger partial charge on any atom is -0.387 e. The molecular formula is C12H27N3. The zero-order valence-corrected chi connectivity index (χ0v) is 10.8. The van der Waals surface area contributed by atoms with Crippen molar-refractivity contribution in [2.24, 2.45) is 10.7 Å². The zero-order chi connectivity index (χ0) is 11.7. The lowest BCUT2D eigenvalue weighted by molar-refractivity contribution is 0.294. The quantitative estimate of drug-likeness (QED) is 0.496. The van der Waals surface area contributed by atoms with Gasteiger partial charge in [-0.25, -0.2) is 0 Å². The van der Waals surface area contributed by atoms with Gasteiger partial charge in [0.2, 0.25) is 0 Å². The molecule has 0 radical (unpaired) electrons. The van der Waals surface area contributed by atoms with Gasteiger partial charge in [0.25, 0.3) is 0 Å². The average molecular weight is 213 g/mol. The topological polar surface area (TPSA) is 41.6 Å². The minimum atomic E-state index is 0.375. The molecule has 0 rings (SSSR count). The number of amidine groups is 1. The molecular weight excluding hydrogens is 186 g/mol. The summed E-state index contributed by atoms with van der Waals surface area (Å²) in [5, 5.41) is 0. The molecule has 0 aliphatic heterocycles. The lowest BCUT2D eigenvalue weighted by atomic mass is 10.2. The van der Waals surface area contributed by atoms with Gasteiger partial charge in [-0.2, -0.15) is 0 Å². The van der Waals surface area contributed by atoms with Crippen LogP contribution in [0.5, 0.6) is 0 Å². The smallest absolute Gasteiger partial charge is 0.0937 e. The Morgan fingerprint density at radius 2 is 1.87 bits per heavy atom. The Bertz CT molecular complexity index is 174. The molecule has 0 amide bonds. The van der Waals surface area contributed by atoms with Crippen molar-refractivity contribution in [1.82, 2.24) is 4.90 Å². The third-order valence-corrected chi connectivity index (χ3v) is 2.74. The van der Waals surface area contributed by atoms with E-state index in [1.807, 2.05) is 6.92 Å². The molecule has 0 fully saturated rings. The monoisotopic (exact) mass is 213 g/mol. The molecule has 1 atom stereocenters. The number of rotatable bonds is 8. The van der Waals surface area contributed by atoms with Crippen LogP contribution in [-0.4, -0.2) is 36.4 Å². The maximum Gasteiger partial charge on any atom is 0.0937 e. The van der Waals surface area contributed by atoms with Crippen LogP contribution < -0.4 is 5.73 Å². The van der Waals surface area contributed by atoms with Crippen LogP contribution >= 0.6 is 0 Å².